The number of nitrogens with two attached hydrogens (primary N) is 1. The van der Waals surface area contributed by atoms with Gasteiger partial charge in [-0.1, -0.05) is 13.8 Å². The number of ether oxygens (including phenoxy) is 1. The molecule has 1 heterocycles. The van der Waals surface area contributed by atoms with E-state index in [4.69, 9.17) is 10.5 Å². The maximum Gasteiger partial charge on any atom is 0.318 e. The quantitative estimate of drug-likeness (QED) is 0.628. The fourth-order valence-corrected chi connectivity index (χ4v) is 3.59. The molecule has 0 spiro atoms. The Morgan fingerprint density at radius 2 is 1.79 bits per heavy atom. The average Bonchev–Trinajstić information content (AvgIpc) is 2.51. The first-order valence-corrected chi connectivity index (χ1v) is 9.48. The molecule has 0 saturated carbocycles. The summed E-state index contributed by atoms with van der Waals surface area (Å²) < 4.78 is 30.2. The van der Waals surface area contributed by atoms with Crippen molar-refractivity contribution in [1.29, 1.82) is 0 Å². The molecule has 138 valence electrons. The molecule has 3 N–H and O–H groups in total. The highest BCUT2D eigenvalue weighted by molar-refractivity contribution is 7.89. The van der Waals surface area contributed by atoms with Crippen molar-refractivity contribution in [2.24, 2.45) is 17.6 Å². The normalized spacial score (nSPS) is 18.2. The van der Waals surface area contributed by atoms with Gasteiger partial charge in [0.1, 0.15) is 0 Å². The molecular weight excluding hydrogens is 338 g/mol. The molecule has 3 amide bonds. The summed E-state index contributed by atoms with van der Waals surface area (Å²) in [5, 5.41) is 1.90. The highest BCUT2D eigenvalue weighted by atomic mass is 32.2. The maximum atomic E-state index is 12.2. The van der Waals surface area contributed by atoms with Crippen LogP contribution in [-0.2, 0) is 24.3 Å². The lowest BCUT2D eigenvalue weighted by molar-refractivity contribution is -0.163. The van der Waals surface area contributed by atoms with Crippen LogP contribution in [0.2, 0.25) is 0 Å². The van der Waals surface area contributed by atoms with Crippen LogP contribution in [0.15, 0.2) is 0 Å². The fourth-order valence-electron chi connectivity index (χ4n) is 2.46. The topological polar surface area (TPSA) is 136 Å². The summed E-state index contributed by atoms with van der Waals surface area (Å²) in [7, 11) is -3.27. The zero-order valence-electron chi connectivity index (χ0n) is 14.1. The van der Waals surface area contributed by atoms with Gasteiger partial charge in [0.15, 0.2) is 6.10 Å². The van der Waals surface area contributed by atoms with Crippen LogP contribution < -0.4 is 11.1 Å². The number of nitrogens with zero attached hydrogens (tertiary/aromatic N) is 1. The van der Waals surface area contributed by atoms with E-state index in [-0.39, 0.29) is 24.8 Å². The highest BCUT2D eigenvalue weighted by Gasteiger charge is 2.34. The van der Waals surface area contributed by atoms with Gasteiger partial charge in [-0.25, -0.2) is 17.5 Å². The van der Waals surface area contributed by atoms with Crippen molar-refractivity contribution in [2.45, 2.75) is 39.7 Å². The third-order valence-corrected chi connectivity index (χ3v) is 5.78. The number of rotatable bonds is 6. The molecule has 0 radical (unpaired) electrons. The van der Waals surface area contributed by atoms with Gasteiger partial charge in [0.05, 0.1) is 11.7 Å². The van der Waals surface area contributed by atoms with E-state index in [1.807, 2.05) is 5.32 Å². The van der Waals surface area contributed by atoms with Crippen molar-refractivity contribution in [2.75, 3.05) is 18.8 Å². The zero-order chi connectivity index (χ0) is 18.5. The van der Waals surface area contributed by atoms with E-state index in [1.165, 1.54) is 4.31 Å². The Kier molecular flexibility index (Phi) is 7.15. The lowest BCUT2D eigenvalue weighted by Gasteiger charge is -2.31. The van der Waals surface area contributed by atoms with Gasteiger partial charge in [0.25, 0.3) is 5.91 Å². The van der Waals surface area contributed by atoms with E-state index in [0.29, 0.717) is 12.8 Å². The lowest BCUT2D eigenvalue weighted by Crippen LogP contribution is -2.47. The molecule has 1 rings (SSSR count). The van der Waals surface area contributed by atoms with Crippen LogP contribution in [0.3, 0.4) is 0 Å². The molecule has 0 aromatic rings. The number of carbonyl (C=O) groups excluding carboxylic acids is 3. The largest absolute Gasteiger partial charge is 0.452 e. The minimum absolute atomic E-state index is 0.0187. The van der Waals surface area contributed by atoms with Gasteiger partial charge >= 0.3 is 12.0 Å². The predicted molar refractivity (Wildman–Crippen MR) is 86.2 cm³/mol. The second-order valence-electron chi connectivity index (χ2n) is 6.03. The third-order valence-electron chi connectivity index (χ3n) is 3.90. The molecule has 0 bridgehead atoms. The average molecular weight is 363 g/mol. The van der Waals surface area contributed by atoms with Gasteiger partial charge < -0.3 is 10.5 Å². The molecule has 0 aliphatic carbocycles. The number of hydrogen-bond acceptors (Lipinski definition) is 6. The summed E-state index contributed by atoms with van der Waals surface area (Å²) in [6, 6.07) is -1.01. The Morgan fingerprint density at radius 1 is 1.25 bits per heavy atom. The Labute approximate surface area is 141 Å². The molecule has 1 aliphatic rings. The molecule has 10 heteroatoms. The second kappa shape index (κ2) is 8.43. The van der Waals surface area contributed by atoms with Crippen LogP contribution in [0.4, 0.5) is 4.79 Å². The molecule has 9 nitrogen and oxygen atoms in total. The molecule has 1 fully saturated rings. The Hall–Kier alpha value is -1.68. The lowest BCUT2D eigenvalue weighted by atomic mass is 9.98. The number of esters is 1. The van der Waals surface area contributed by atoms with Crippen molar-refractivity contribution in [3.63, 3.8) is 0 Å². The highest BCUT2D eigenvalue weighted by Crippen LogP contribution is 2.22. The summed E-state index contributed by atoms with van der Waals surface area (Å²) in [6.07, 6.45) is -0.455. The van der Waals surface area contributed by atoms with Crippen LogP contribution in [0.5, 0.6) is 0 Å². The SMILES string of the molecule is CCS(=O)(=O)N1CCC(C(=O)OC(C(=O)NC(N)=O)C(C)C)CC1. The van der Waals surface area contributed by atoms with Gasteiger partial charge in [-0.3, -0.25) is 14.9 Å². The Bertz CT molecular complexity index is 581. The van der Waals surface area contributed by atoms with Crippen LogP contribution in [0, 0.1) is 11.8 Å². The van der Waals surface area contributed by atoms with Crippen LogP contribution in [0.1, 0.15) is 33.6 Å². The number of sulfonamides is 1. The molecule has 0 aromatic carbocycles. The van der Waals surface area contributed by atoms with Gasteiger partial charge in [0.2, 0.25) is 10.0 Å². The zero-order valence-corrected chi connectivity index (χ0v) is 15.0. The van der Waals surface area contributed by atoms with Crippen molar-refractivity contribution in [3.8, 4) is 0 Å². The van der Waals surface area contributed by atoms with E-state index in [9.17, 15) is 22.8 Å². The van der Waals surface area contributed by atoms with Crippen LogP contribution >= 0.6 is 0 Å². The number of primary amides is 1. The maximum absolute atomic E-state index is 12.2. The smallest absolute Gasteiger partial charge is 0.318 e. The number of urea groups is 1. The number of piperidine rings is 1. The van der Waals surface area contributed by atoms with Crippen LogP contribution in [0.25, 0.3) is 0 Å². The summed E-state index contributed by atoms with van der Waals surface area (Å²) in [4.78, 5) is 34.9. The molecular formula is C14H25N3O6S. The van der Waals surface area contributed by atoms with E-state index < -0.39 is 40.0 Å². The number of hydrogen-bond donors (Lipinski definition) is 2. The van der Waals surface area contributed by atoms with E-state index in [0.717, 1.165) is 0 Å². The second-order valence-corrected chi connectivity index (χ2v) is 8.29. The number of imide groups is 1. The van der Waals surface area contributed by atoms with Gasteiger partial charge in [-0.15, -0.1) is 0 Å². The molecule has 1 saturated heterocycles. The van der Waals surface area contributed by atoms with Crippen molar-refractivity contribution < 1.29 is 27.5 Å². The van der Waals surface area contributed by atoms with Crippen molar-refractivity contribution in [3.05, 3.63) is 0 Å². The third kappa shape index (κ3) is 5.45. The number of amides is 3. The summed E-state index contributed by atoms with van der Waals surface area (Å²) in [6.45, 7) is 5.41. The minimum atomic E-state index is -3.27. The number of nitrogens with one attached hydrogen (secondary N) is 1. The van der Waals surface area contributed by atoms with Crippen molar-refractivity contribution in [1.82, 2.24) is 9.62 Å². The summed E-state index contributed by atoms with van der Waals surface area (Å²) in [5.41, 5.74) is 4.90. The Morgan fingerprint density at radius 3 is 2.21 bits per heavy atom. The van der Waals surface area contributed by atoms with E-state index in [2.05, 4.69) is 0 Å². The standard InChI is InChI=1S/C14H25N3O6S/c1-4-24(21,22)17-7-5-10(6-8-17)13(19)23-11(9(2)3)12(18)16-14(15)20/h9-11H,4-8H2,1-3H3,(H3,15,16,18,20). The molecule has 1 unspecified atom stereocenters. The first-order chi connectivity index (χ1) is 11.1. The molecule has 24 heavy (non-hydrogen) atoms. The summed E-state index contributed by atoms with van der Waals surface area (Å²) in [5.74, 6) is -2.13. The van der Waals surface area contributed by atoms with E-state index in [1.54, 1.807) is 20.8 Å². The van der Waals surface area contributed by atoms with Gasteiger partial charge in [0, 0.05) is 13.1 Å². The van der Waals surface area contributed by atoms with Gasteiger partial charge in [-0.05, 0) is 25.7 Å². The molecule has 1 aliphatic heterocycles. The molecule has 0 aromatic heterocycles. The van der Waals surface area contributed by atoms with Crippen molar-refractivity contribution >= 4 is 27.9 Å². The minimum Gasteiger partial charge on any atom is -0.452 e. The number of carbonyl (C=O) groups is 3. The van der Waals surface area contributed by atoms with Crippen LogP contribution in [-0.4, -0.2) is 55.6 Å². The first-order valence-electron chi connectivity index (χ1n) is 7.87. The fraction of sp³-hybridized carbons (Fsp3) is 0.786. The summed E-state index contributed by atoms with van der Waals surface area (Å²) >= 11 is 0. The Balaban J connectivity index is 2.64. The first kappa shape index (κ1) is 20.4. The molecule has 1 atom stereocenters. The predicted octanol–water partition coefficient (Wildman–Crippen LogP) is -0.189. The van der Waals surface area contributed by atoms with E-state index >= 15 is 0 Å². The monoisotopic (exact) mass is 363 g/mol. The van der Waals surface area contributed by atoms with Gasteiger partial charge in [-0.2, -0.15) is 0 Å².